The lowest BCUT2D eigenvalue weighted by Crippen LogP contribution is -2.39. The van der Waals surface area contributed by atoms with Crippen molar-refractivity contribution >= 4 is 11.9 Å². The van der Waals surface area contributed by atoms with E-state index in [9.17, 15) is 9.59 Å². The molecule has 1 unspecified atom stereocenters. The van der Waals surface area contributed by atoms with E-state index >= 15 is 0 Å². The van der Waals surface area contributed by atoms with E-state index in [1.54, 1.807) is 24.5 Å². The lowest BCUT2D eigenvalue weighted by atomic mass is 9.94. The molecule has 1 saturated heterocycles. The number of nitrogens with zero attached hydrogens (tertiary/aromatic N) is 4. The first-order chi connectivity index (χ1) is 11.5. The van der Waals surface area contributed by atoms with Gasteiger partial charge in [-0.15, -0.1) is 0 Å². The third-order valence-electron chi connectivity index (χ3n) is 4.32. The van der Waals surface area contributed by atoms with E-state index in [0.717, 1.165) is 30.8 Å². The summed E-state index contributed by atoms with van der Waals surface area (Å²) >= 11 is 0. The zero-order valence-electron chi connectivity index (χ0n) is 13.6. The number of carboxylic acid groups (broad SMARTS) is 1. The van der Waals surface area contributed by atoms with Gasteiger partial charge in [0.1, 0.15) is 6.54 Å². The highest BCUT2D eigenvalue weighted by Gasteiger charge is 2.27. The Kier molecular flexibility index (Phi) is 4.59. The number of rotatable bonds is 4. The number of aromatic nitrogens is 3. The summed E-state index contributed by atoms with van der Waals surface area (Å²) in [5.74, 6) is -0.790. The molecule has 3 rings (SSSR count). The van der Waals surface area contributed by atoms with Crippen molar-refractivity contribution in [2.24, 2.45) is 0 Å². The van der Waals surface area contributed by atoms with Gasteiger partial charge in [-0.05, 0) is 38.0 Å². The van der Waals surface area contributed by atoms with Gasteiger partial charge in [0.25, 0.3) is 5.91 Å². The van der Waals surface area contributed by atoms with Crippen LogP contribution in [-0.2, 0) is 11.3 Å². The number of aliphatic carboxylic acids is 1. The van der Waals surface area contributed by atoms with Crippen LogP contribution in [0, 0.1) is 6.92 Å². The molecule has 0 aliphatic carbocycles. The lowest BCUT2D eigenvalue weighted by molar-refractivity contribution is -0.137. The molecule has 0 radical (unpaired) electrons. The van der Waals surface area contributed by atoms with E-state index in [1.165, 1.54) is 4.68 Å². The SMILES string of the molecule is Cc1ncccc1C(=O)N1CCCC(c2ccn(CC(=O)O)n2)C1. The van der Waals surface area contributed by atoms with E-state index in [-0.39, 0.29) is 18.4 Å². The van der Waals surface area contributed by atoms with Gasteiger partial charge in [-0.3, -0.25) is 19.3 Å². The number of aryl methyl sites for hydroxylation is 1. The van der Waals surface area contributed by atoms with Crippen LogP contribution in [0.1, 0.15) is 40.5 Å². The first-order valence-corrected chi connectivity index (χ1v) is 8.00. The van der Waals surface area contributed by atoms with E-state index in [2.05, 4.69) is 10.1 Å². The van der Waals surface area contributed by atoms with Crippen molar-refractivity contribution in [3.63, 3.8) is 0 Å². The molecule has 0 spiro atoms. The number of piperidine rings is 1. The fourth-order valence-electron chi connectivity index (χ4n) is 3.11. The fourth-order valence-corrected chi connectivity index (χ4v) is 3.11. The van der Waals surface area contributed by atoms with Gasteiger partial charge in [0.2, 0.25) is 0 Å². The van der Waals surface area contributed by atoms with Crippen molar-refractivity contribution in [1.29, 1.82) is 0 Å². The Bertz CT molecular complexity index is 756. The van der Waals surface area contributed by atoms with Crippen LogP contribution >= 0.6 is 0 Å². The molecule has 1 amide bonds. The number of pyridine rings is 1. The molecule has 7 heteroatoms. The predicted molar refractivity (Wildman–Crippen MR) is 86.7 cm³/mol. The summed E-state index contributed by atoms with van der Waals surface area (Å²) in [7, 11) is 0. The highest BCUT2D eigenvalue weighted by molar-refractivity contribution is 5.95. The van der Waals surface area contributed by atoms with Gasteiger partial charge >= 0.3 is 5.97 Å². The number of amides is 1. The zero-order valence-corrected chi connectivity index (χ0v) is 13.6. The maximum atomic E-state index is 12.7. The summed E-state index contributed by atoms with van der Waals surface area (Å²) in [6.45, 7) is 3.00. The molecular weight excluding hydrogens is 308 g/mol. The van der Waals surface area contributed by atoms with Crippen LogP contribution in [0.4, 0.5) is 0 Å². The van der Waals surface area contributed by atoms with Crippen LogP contribution in [-0.4, -0.2) is 49.7 Å². The summed E-state index contributed by atoms with van der Waals surface area (Å²) in [6.07, 6.45) is 5.21. The van der Waals surface area contributed by atoms with Crippen LogP contribution in [0.5, 0.6) is 0 Å². The Hall–Kier alpha value is -2.70. The van der Waals surface area contributed by atoms with Crippen LogP contribution in [0.3, 0.4) is 0 Å². The van der Waals surface area contributed by atoms with Crippen molar-refractivity contribution < 1.29 is 14.7 Å². The predicted octanol–water partition coefficient (Wildman–Crippen LogP) is 1.69. The molecule has 24 heavy (non-hydrogen) atoms. The molecule has 0 saturated carbocycles. The summed E-state index contributed by atoms with van der Waals surface area (Å²) in [4.78, 5) is 29.5. The summed E-state index contributed by atoms with van der Waals surface area (Å²) in [5.41, 5.74) is 2.21. The zero-order chi connectivity index (χ0) is 17.1. The standard InChI is InChI=1S/C17H20N4O3/c1-12-14(5-2-7-18-12)17(24)20-8-3-4-13(10-20)15-6-9-21(19-15)11-16(22)23/h2,5-7,9,13H,3-4,8,10-11H2,1H3,(H,22,23). The molecular formula is C17H20N4O3. The smallest absolute Gasteiger partial charge is 0.325 e. The van der Waals surface area contributed by atoms with Gasteiger partial charge in [-0.25, -0.2) is 0 Å². The number of carboxylic acids is 1. The second-order valence-corrected chi connectivity index (χ2v) is 6.06. The number of carbonyl (C=O) groups is 2. The van der Waals surface area contributed by atoms with E-state index in [0.29, 0.717) is 12.1 Å². The third kappa shape index (κ3) is 3.45. The Morgan fingerprint density at radius 1 is 1.38 bits per heavy atom. The van der Waals surface area contributed by atoms with E-state index in [4.69, 9.17) is 5.11 Å². The maximum absolute atomic E-state index is 12.7. The molecule has 1 aliphatic heterocycles. The van der Waals surface area contributed by atoms with Gasteiger partial charge in [0.05, 0.1) is 11.3 Å². The Morgan fingerprint density at radius 3 is 2.96 bits per heavy atom. The molecule has 2 aromatic heterocycles. The first-order valence-electron chi connectivity index (χ1n) is 8.00. The topological polar surface area (TPSA) is 88.3 Å². The molecule has 1 atom stereocenters. The van der Waals surface area contributed by atoms with Crippen LogP contribution in [0.2, 0.25) is 0 Å². The molecule has 3 heterocycles. The Balaban J connectivity index is 1.72. The van der Waals surface area contributed by atoms with Gasteiger partial charge in [-0.2, -0.15) is 5.10 Å². The summed E-state index contributed by atoms with van der Waals surface area (Å²) in [5, 5.41) is 13.2. The monoisotopic (exact) mass is 328 g/mol. The highest BCUT2D eigenvalue weighted by atomic mass is 16.4. The van der Waals surface area contributed by atoms with Crippen LogP contribution < -0.4 is 0 Å². The largest absolute Gasteiger partial charge is 0.480 e. The molecule has 0 aromatic carbocycles. The molecule has 126 valence electrons. The normalized spacial score (nSPS) is 17.7. The molecule has 0 bridgehead atoms. The summed E-state index contributed by atoms with van der Waals surface area (Å²) < 4.78 is 1.42. The minimum Gasteiger partial charge on any atom is -0.480 e. The van der Waals surface area contributed by atoms with Crippen molar-refractivity contribution in [1.82, 2.24) is 19.7 Å². The molecule has 2 aromatic rings. The molecule has 1 fully saturated rings. The van der Waals surface area contributed by atoms with E-state index < -0.39 is 5.97 Å². The van der Waals surface area contributed by atoms with Gasteiger partial charge < -0.3 is 10.0 Å². The van der Waals surface area contributed by atoms with Crippen LogP contribution in [0.25, 0.3) is 0 Å². The highest BCUT2D eigenvalue weighted by Crippen LogP contribution is 2.26. The van der Waals surface area contributed by atoms with Crippen molar-refractivity contribution in [3.8, 4) is 0 Å². The fraction of sp³-hybridized carbons (Fsp3) is 0.412. The minimum absolute atomic E-state index is 0.00438. The quantitative estimate of drug-likeness (QED) is 0.922. The average Bonchev–Trinajstić information content (AvgIpc) is 3.02. The number of hydrogen-bond donors (Lipinski definition) is 1. The summed E-state index contributed by atoms with van der Waals surface area (Å²) in [6, 6.07) is 5.42. The van der Waals surface area contributed by atoms with Crippen molar-refractivity contribution in [2.45, 2.75) is 32.2 Å². The number of carbonyl (C=O) groups excluding carboxylic acids is 1. The third-order valence-corrected chi connectivity index (χ3v) is 4.32. The van der Waals surface area contributed by atoms with Gasteiger partial charge in [0, 0.05) is 37.1 Å². The van der Waals surface area contributed by atoms with Crippen molar-refractivity contribution in [2.75, 3.05) is 13.1 Å². The van der Waals surface area contributed by atoms with Crippen molar-refractivity contribution in [3.05, 3.63) is 47.5 Å². The lowest BCUT2D eigenvalue weighted by Gasteiger charge is -2.32. The average molecular weight is 328 g/mol. The second-order valence-electron chi connectivity index (χ2n) is 6.06. The minimum atomic E-state index is -0.919. The molecule has 7 nitrogen and oxygen atoms in total. The van der Waals surface area contributed by atoms with Crippen LogP contribution in [0.15, 0.2) is 30.6 Å². The number of hydrogen-bond acceptors (Lipinski definition) is 4. The molecule has 1 aliphatic rings. The van der Waals surface area contributed by atoms with Gasteiger partial charge in [-0.1, -0.05) is 0 Å². The Morgan fingerprint density at radius 2 is 2.21 bits per heavy atom. The van der Waals surface area contributed by atoms with Gasteiger partial charge in [0.15, 0.2) is 0 Å². The Labute approximate surface area is 139 Å². The number of likely N-dealkylation sites (tertiary alicyclic amines) is 1. The first kappa shape index (κ1) is 16.2. The maximum Gasteiger partial charge on any atom is 0.325 e. The molecule has 1 N–H and O–H groups in total. The van der Waals surface area contributed by atoms with E-state index in [1.807, 2.05) is 17.9 Å². The second kappa shape index (κ2) is 6.82.